The van der Waals surface area contributed by atoms with Gasteiger partial charge in [0.1, 0.15) is 11.6 Å². The molecule has 7 heteroatoms. The lowest BCUT2D eigenvalue weighted by molar-refractivity contribution is -0.116. The molecule has 0 aliphatic carbocycles. The molecule has 1 atom stereocenters. The van der Waals surface area contributed by atoms with Crippen LogP contribution in [0.25, 0.3) is 0 Å². The van der Waals surface area contributed by atoms with E-state index in [2.05, 4.69) is 16.9 Å². The van der Waals surface area contributed by atoms with E-state index in [-0.39, 0.29) is 12.3 Å². The van der Waals surface area contributed by atoms with E-state index in [0.29, 0.717) is 27.9 Å². The standard InChI is InChI=1S/C17H16FN3O2S/c1-3-8-24-17-20-16(23)14-11(10-6-4-5-7-12(10)18)9-13(22)19-15(14)21(17)2/h3-7,11H,1,8-9H2,2H3,(H,19,22)/t11-/m1/s1. The fraction of sp³-hybridized carbons (Fsp3) is 0.235. The average molecular weight is 345 g/mol. The highest BCUT2D eigenvalue weighted by Gasteiger charge is 2.33. The van der Waals surface area contributed by atoms with Crippen molar-refractivity contribution in [3.8, 4) is 0 Å². The molecular weight excluding hydrogens is 329 g/mol. The number of amides is 1. The van der Waals surface area contributed by atoms with Crippen molar-refractivity contribution >= 4 is 23.5 Å². The smallest absolute Gasteiger partial charge is 0.279 e. The molecule has 1 aromatic carbocycles. The van der Waals surface area contributed by atoms with Gasteiger partial charge in [-0.25, -0.2) is 4.39 Å². The van der Waals surface area contributed by atoms with Crippen molar-refractivity contribution in [2.75, 3.05) is 11.1 Å². The second-order valence-electron chi connectivity index (χ2n) is 5.45. The first-order valence-corrected chi connectivity index (χ1v) is 8.40. The van der Waals surface area contributed by atoms with Crippen molar-refractivity contribution in [2.24, 2.45) is 7.05 Å². The number of rotatable bonds is 4. The molecule has 0 unspecified atom stereocenters. The molecule has 0 fully saturated rings. The summed E-state index contributed by atoms with van der Waals surface area (Å²) in [6, 6.07) is 6.20. The second kappa shape index (κ2) is 6.60. The maximum Gasteiger partial charge on any atom is 0.279 e. The molecule has 2 aromatic rings. The minimum Gasteiger partial charge on any atom is -0.312 e. The summed E-state index contributed by atoms with van der Waals surface area (Å²) in [6.07, 6.45) is 1.72. The van der Waals surface area contributed by atoms with Crippen LogP contribution in [0.2, 0.25) is 0 Å². The van der Waals surface area contributed by atoms with Gasteiger partial charge in [-0.1, -0.05) is 36.0 Å². The summed E-state index contributed by atoms with van der Waals surface area (Å²) in [7, 11) is 1.72. The SMILES string of the molecule is C=CCSc1nc(=O)c2c(n1C)NC(=O)C[C@@H]2c1ccccc1F. The van der Waals surface area contributed by atoms with E-state index in [0.717, 1.165) is 0 Å². The summed E-state index contributed by atoms with van der Waals surface area (Å²) >= 11 is 1.34. The number of hydrogen-bond donors (Lipinski definition) is 1. The van der Waals surface area contributed by atoms with Crippen molar-refractivity contribution in [1.29, 1.82) is 0 Å². The van der Waals surface area contributed by atoms with Gasteiger partial charge in [0, 0.05) is 25.1 Å². The molecular formula is C17H16FN3O2S. The lowest BCUT2D eigenvalue weighted by Crippen LogP contribution is -2.33. The highest BCUT2D eigenvalue weighted by molar-refractivity contribution is 7.99. The molecule has 0 saturated carbocycles. The molecule has 2 heterocycles. The fourth-order valence-electron chi connectivity index (χ4n) is 2.82. The molecule has 124 valence electrons. The van der Waals surface area contributed by atoms with Gasteiger partial charge in [-0.3, -0.25) is 9.59 Å². The summed E-state index contributed by atoms with van der Waals surface area (Å²) in [4.78, 5) is 28.8. The Hall–Kier alpha value is -2.41. The van der Waals surface area contributed by atoms with Crippen molar-refractivity contribution in [3.05, 3.63) is 64.2 Å². The molecule has 0 radical (unpaired) electrons. The Morgan fingerprint density at radius 3 is 2.92 bits per heavy atom. The second-order valence-corrected chi connectivity index (χ2v) is 6.43. The number of fused-ring (bicyclic) bond motifs is 1. The number of thioether (sulfide) groups is 1. The third-order valence-electron chi connectivity index (χ3n) is 3.91. The predicted molar refractivity (Wildman–Crippen MR) is 91.9 cm³/mol. The lowest BCUT2D eigenvalue weighted by atomic mass is 9.86. The van der Waals surface area contributed by atoms with E-state index in [1.807, 2.05) is 0 Å². The molecule has 1 aromatic heterocycles. The first-order valence-electron chi connectivity index (χ1n) is 7.41. The van der Waals surface area contributed by atoms with Crippen LogP contribution in [0, 0.1) is 5.82 Å². The number of halogens is 1. The Balaban J connectivity index is 2.18. The fourth-order valence-corrected chi connectivity index (χ4v) is 3.52. The molecule has 1 aliphatic rings. The maximum atomic E-state index is 14.2. The van der Waals surface area contributed by atoms with Gasteiger partial charge in [0.05, 0.1) is 5.56 Å². The van der Waals surface area contributed by atoms with Crippen LogP contribution in [0.5, 0.6) is 0 Å². The number of nitrogens with zero attached hydrogens (tertiary/aromatic N) is 2. The van der Waals surface area contributed by atoms with Crippen LogP contribution in [0.4, 0.5) is 10.2 Å². The molecule has 0 bridgehead atoms. The van der Waals surface area contributed by atoms with Gasteiger partial charge in [-0.2, -0.15) is 4.98 Å². The highest BCUT2D eigenvalue weighted by Crippen LogP contribution is 2.36. The van der Waals surface area contributed by atoms with E-state index in [9.17, 15) is 14.0 Å². The number of benzene rings is 1. The molecule has 1 aliphatic heterocycles. The molecule has 24 heavy (non-hydrogen) atoms. The van der Waals surface area contributed by atoms with Crippen LogP contribution >= 0.6 is 11.8 Å². The van der Waals surface area contributed by atoms with Gasteiger partial charge in [0.2, 0.25) is 5.91 Å². The monoisotopic (exact) mass is 345 g/mol. The highest BCUT2D eigenvalue weighted by atomic mass is 32.2. The zero-order valence-electron chi connectivity index (χ0n) is 13.1. The summed E-state index contributed by atoms with van der Waals surface area (Å²) in [6.45, 7) is 3.64. The predicted octanol–water partition coefficient (Wildman–Crippen LogP) is 2.67. The van der Waals surface area contributed by atoms with Gasteiger partial charge < -0.3 is 9.88 Å². The van der Waals surface area contributed by atoms with Crippen LogP contribution < -0.4 is 10.9 Å². The number of aromatic nitrogens is 2. The maximum absolute atomic E-state index is 14.2. The van der Waals surface area contributed by atoms with E-state index < -0.39 is 17.3 Å². The van der Waals surface area contributed by atoms with Gasteiger partial charge in [0.15, 0.2) is 5.16 Å². The largest absolute Gasteiger partial charge is 0.312 e. The Bertz CT molecular complexity index is 879. The van der Waals surface area contributed by atoms with Gasteiger partial charge in [0.25, 0.3) is 5.56 Å². The van der Waals surface area contributed by atoms with Crippen molar-refractivity contribution in [1.82, 2.24) is 9.55 Å². The van der Waals surface area contributed by atoms with Gasteiger partial charge in [-0.15, -0.1) is 6.58 Å². The lowest BCUT2D eigenvalue weighted by Gasteiger charge is -2.27. The number of carbonyl (C=O) groups is 1. The first kappa shape index (κ1) is 16.4. The number of hydrogen-bond acceptors (Lipinski definition) is 4. The van der Waals surface area contributed by atoms with Gasteiger partial charge in [-0.05, 0) is 11.6 Å². The molecule has 0 saturated heterocycles. The molecule has 0 spiro atoms. The summed E-state index contributed by atoms with van der Waals surface area (Å²) in [5, 5.41) is 3.21. The summed E-state index contributed by atoms with van der Waals surface area (Å²) in [5.74, 6) is -0.360. The molecule has 1 amide bonds. The Labute approximate surface area is 142 Å². The number of carbonyl (C=O) groups excluding carboxylic acids is 1. The van der Waals surface area contributed by atoms with Crippen LogP contribution in [0.1, 0.15) is 23.5 Å². The average Bonchev–Trinajstić information content (AvgIpc) is 2.56. The van der Waals surface area contributed by atoms with Crippen LogP contribution in [-0.2, 0) is 11.8 Å². The zero-order valence-corrected chi connectivity index (χ0v) is 13.9. The zero-order chi connectivity index (χ0) is 17.3. The summed E-state index contributed by atoms with van der Waals surface area (Å²) < 4.78 is 15.9. The number of anilines is 1. The third-order valence-corrected chi connectivity index (χ3v) is 4.94. The van der Waals surface area contributed by atoms with E-state index in [4.69, 9.17) is 0 Å². The van der Waals surface area contributed by atoms with Crippen molar-refractivity contribution in [2.45, 2.75) is 17.5 Å². The van der Waals surface area contributed by atoms with Crippen LogP contribution in [-0.4, -0.2) is 21.2 Å². The van der Waals surface area contributed by atoms with E-state index in [1.54, 1.807) is 35.9 Å². The minimum absolute atomic E-state index is 0.0179. The quantitative estimate of drug-likeness (QED) is 0.526. The summed E-state index contributed by atoms with van der Waals surface area (Å²) in [5.41, 5.74) is 0.215. The van der Waals surface area contributed by atoms with Crippen molar-refractivity contribution in [3.63, 3.8) is 0 Å². The Morgan fingerprint density at radius 1 is 1.46 bits per heavy atom. The molecule has 1 N–H and O–H groups in total. The van der Waals surface area contributed by atoms with Crippen molar-refractivity contribution < 1.29 is 9.18 Å². The van der Waals surface area contributed by atoms with Gasteiger partial charge >= 0.3 is 0 Å². The third kappa shape index (κ3) is 2.87. The van der Waals surface area contributed by atoms with E-state index >= 15 is 0 Å². The normalized spacial score (nSPS) is 16.4. The number of nitrogens with one attached hydrogen (secondary N) is 1. The Kier molecular flexibility index (Phi) is 4.53. The van der Waals surface area contributed by atoms with Crippen LogP contribution in [0.15, 0.2) is 46.9 Å². The van der Waals surface area contributed by atoms with Crippen LogP contribution in [0.3, 0.4) is 0 Å². The minimum atomic E-state index is -0.639. The first-order chi connectivity index (χ1) is 11.5. The van der Waals surface area contributed by atoms with E-state index in [1.165, 1.54) is 17.8 Å². The molecule has 3 rings (SSSR count). The topological polar surface area (TPSA) is 64.0 Å². The Morgan fingerprint density at radius 2 is 2.21 bits per heavy atom. The molecule has 5 nitrogen and oxygen atoms in total.